The third-order valence-electron chi connectivity index (χ3n) is 3.85. The highest BCUT2D eigenvalue weighted by atomic mass is 16.6. The molecule has 1 aromatic rings. The minimum Gasteiger partial charge on any atom is -0.481 e. The van der Waals surface area contributed by atoms with Gasteiger partial charge < -0.3 is 14.7 Å². The molecule has 6 heteroatoms. The van der Waals surface area contributed by atoms with Crippen molar-refractivity contribution in [1.29, 1.82) is 0 Å². The summed E-state index contributed by atoms with van der Waals surface area (Å²) in [6.07, 6.45) is 4.62. The van der Waals surface area contributed by atoms with E-state index in [1.54, 1.807) is 18.3 Å². The van der Waals surface area contributed by atoms with Gasteiger partial charge in [0, 0.05) is 31.3 Å². The SMILES string of the molecule is CN1C[C@H](C(=O)O)[C@@H](c2ccc(/C=C/C(=O)OC(C)(C)C)nc2)C1. The molecule has 2 atom stereocenters. The van der Waals surface area contributed by atoms with Crippen LogP contribution in [-0.2, 0) is 14.3 Å². The Hall–Kier alpha value is -2.21. The van der Waals surface area contributed by atoms with Crippen molar-refractivity contribution >= 4 is 18.0 Å². The Morgan fingerprint density at radius 1 is 1.33 bits per heavy atom. The van der Waals surface area contributed by atoms with E-state index in [1.807, 2.05) is 38.8 Å². The summed E-state index contributed by atoms with van der Waals surface area (Å²) in [7, 11) is 1.92. The van der Waals surface area contributed by atoms with Gasteiger partial charge >= 0.3 is 11.9 Å². The zero-order valence-corrected chi connectivity index (χ0v) is 14.5. The molecule has 1 fully saturated rings. The highest BCUT2D eigenvalue weighted by Gasteiger charge is 2.37. The molecule has 0 saturated carbocycles. The van der Waals surface area contributed by atoms with Gasteiger partial charge in [0.05, 0.1) is 11.6 Å². The van der Waals surface area contributed by atoms with Crippen molar-refractivity contribution in [2.45, 2.75) is 32.3 Å². The fourth-order valence-corrected chi connectivity index (χ4v) is 2.81. The summed E-state index contributed by atoms with van der Waals surface area (Å²) in [6.45, 7) is 6.67. The minimum absolute atomic E-state index is 0.0658. The fraction of sp³-hybridized carbons (Fsp3) is 0.500. The Morgan fingerprint density at radius 2 is 2.04 bits per heavy atom. The minimum atomic E-state index is -0.779. The summed E-state index contributed by atoms with van der Waals surface area (Å²) < 4.78 is 5.19. The molecule has 0 aromatic carbocycles. The number of pyridine rings is 1. The van der Waals surface area contributed by atoms with E-state index in [0.29, 0.717) is 18.8 Å². The number of hydrogen-bond donors (Lipinski definition) is 1. The number of hydrogen-bond acceptors (Lipinski definition) is 5. The highest BCUT2D eigenvalue weighted by Crippen LogP contribution is 2.31. The molecule has 0 spiro atoms. The maximum absolute atomic E-state index is 11.7. The standard InChI is InChI=1S/C18H24N2O4/c1-18(2,3)24-16(21)8-7-13-6-5-12(9-19-13)14-10-20(4)11-15(14)17(22)23/h5-9,14-15H,10-11H2,1-4H3,(H,22,23)/b8-7+/t14-,15+/m1/s1. The normalized spacial score (nSPS) is 22.0. The summed E-state index contributed by atoms with van der Waals surface area (Å²) in [5.74, 6) is -1.68. The van der Waals surface area contributed by atoms with Crippen LogP contribution >= 0.6 is 0 Å². The summed E-state index contributed by atoms with van der Waals surface area (Å²) in [6, 6.07) is 3.66. The van der Waals surface area contributed by atoms with E-state index in [0.717, 1.165) is 5.56 Å². The van der Waals surface area contributed by atoms with Crippen molar-refractivity contribution in [3.05, 3.63) is 35.7 Å². The molecule has 24 heavy (non-hydrogen) atoms. The second-order valence-corrected chi connectivity index (χ2v) is 7.16. The van der Waals surface area contributed by atoms with E-state index < -0.39 is 23.5 Å². The lowest BCUT2D eigenvalue weighted by atomic mass is 9.90. The lowest BCUT2D eigenvalue weighted by Gasteiger charge is -2.17. The predicted molar refractivity (Wildman–Crippen MR) is 90.5 cm³/mol. The van der Waals surface area contributed by atoms with Gasteiger partial charge in [-0.15, -0.1) is 0 Å². The number of nitrogens with zero attached hydrogens (tertiary/aromatic N) is 2. The zero-order chi connectivity index (χ0) is 17.9. The maximum atomic E-state index is 11.7. The molecule has 2 heterocycles. The summed E-state index contributed by atoms with van der Waals surface area (Å²) in [5.41, 5.74) is 1.00. The Balaban J connectivity index is 2.05. The third-order valence-corrected chi connectivity index (χ3v) is 3.85. The van der Waals surface area contributed by atoms with Gasteiger partial charge in [-0.05, 0) is 45.5 Å². The van der Waals surface area contributed by atoms with Crippen LogP contribution in [0.4, 0.5) is 0 Å². The van der Waals surface area contributed by atoms with Crippen molar-refractivity contribution in [1.82, 2.24) is 9.88 Å². The van der Waals surface area contributed by atoms with Crippen LogP contribution in [0, 0.1) is 5.92 Å². The molecule has 1 N–H and O–H groups in total. The van der Waals surface area contributed by atoms with Gasteiger partial charge in [0.25, 0.3) is 0 Å². The molecule has 0 unspecified atom stereocenters. The monoisotopic (exact) mass is 332 g/mol. The van der Waals surface area contributed by atoms with E-state index in [9.17, 15) is 14.7 Å². The molecular formula is C18H24N2O4. The van der Waals surface area contributed by atoms with Crippen molar-refractivity contribution in [3.8, 4) is 0 Å². The predicted octanol–water partition coefficient (Wildman–Crippen LogP) is 2.17. The Kier molecular flexibility index (Phi) is 5.39. The van der Waals surface area contributed by atoms with E-state index in [1.165, 1.54) is 6.08 Å². The number of ether oxygens (including phenoxy) is 1. The van der Waals surface area contributed by atoms with E-state index in [2.05, 4.69) is 4.98 Å². The number of likely N-dealkylation sites (tertiary alicyclic amines) is 1. The van der Waals surface area contributed by atoms with Crippen LogP contribution < -0.4 is 0 Å². The quantitative estimate of drug-likeness (QED) is 0.672. The zero-order valence-electron chi connectivity index (χ0n) is 14.5. The van der Waals surface area contributed by atoms with Gasteiger partial charge in [-0.1, -0.05) is 6.07 Å². The van der Waals surface area contributed by atoms with Crippen molar-refractivity contribution in [2.75, 3.05) is 20.1 Å². The largest absolute Gasteiger partial charge is 0.481 e. The van der Waals surface area contributed by atoms with Gasteiger partial charge in [-0.3, -0.25) is 9.78 Å². The van der Waals surface area contributed by atoms with Crippen LogP contribution in [0.25, 0.3) is 6.08 Å². The van der Waals surface area contributed by atoms with Crippen molar-refractivity contribution in [3.63, 3.8) is 0 Å². The van der Waals surface area contributed by atoms with E-state index in [4.69, 9.17) is 4.74 Å². The highest BCUT2D eigenvalue weighted by molar-refractivity contribution is 5.87. The maximum Gasteiger partial charge on any atom is 0.331 e. The van der Waals surface area contributed by atoms with Crippen molar-refractivity contribution in [2.24, 2.45) is 5.92 Å². The number of esters is 1. The molecule has 1 saturated heterocycles. The molecule has 1 aliphatic rings. The Bertz CT molecular complexity index is 631. The molecule has 6 nitrogen and oxygen atoms in total. The number of carbonyl (C=O) groups excluding carboxylic acids is 1. The molecular weight excluding hydrogens is 308 g/mol. The molecule has 1 aromatic heterocycles. The van der Waals surface area contributed by atoms with Crippen LogP contribution in [0.5, 0.6) is 0 Å². The van der Waals surface area contributed by atoms with E-state index in [-0.39, 0.29) is 5.92 Å². The number of aromatic nitrogens is 1. The lowest BCUT2D eigenvalue weighted by molar-refractivity contribution is -0.148. The summed E-state index contributed by atoms with van der Waals surface area (Å²) in [4.78, 5) is 29.4. The fourth-order valence-electron chi connectivity index (χ4n) is 2.81. The lowest BCUT2D eigenvalue weighted by Crippen LogP contribution is -2.22. The first-order valence-corrected chi connectivity index (χ1v) is 7.94. The summed E-state index contributed by atoms with van der Waals surface area (Å²) >= 11 is 0. The van der Waals surface area contributed by atoms with Crippen LogP contribution in [0.3, 0.4) is 0 Å². The molecule has 0 radical (unpaired) electrons. The first kappa shape index (κ1) is 18.1. The second kappa shape index (κ2) is 7.13. The average Bonchev–Trinajstić information content (AvgIpc) is 2.86. The average molecular weight is 332 g/mol. The van der Waals surface area contributed by atoms with Crippen LogP contribution in [0.2, 0.25) is 0 Å². The number of likely N-dealkylation sites (N-methyl/N-ethyl adjacent to an activating group) is 1. The number of carboxylic acid groups (broad SMARTS) is 1. The van der Waals surface area contributed by atoms with Crippen LogP contribution in [0.1, 0.15) is 37.9 Å². The van der Waals surface area contributed by atoms with Gasteiger partial charge in [-0.25, -0.2) is 4.79 Å². The van der Waals surface area contributed by atoms with Gasteiger partial charge in [0.2, 0.25) is 0 Å². The summed E-state index contributed by atoms with van der Waals surface area (Å²) in [5, 5.41) is 9.35. The van der Waals surface area contributed by atoms with Gasteiger partial charge in [-0.2, -0.15) is 0 Å². The molecule has 0 amide bonds. The number of carbonyl (C=O) groups is 2. The van der Waals surface area contributed by atoms with E-state index >= 15 is 0 Å². The van der Waals surface area contributed by atoms with Crippen LogP contribution in [-0.4, -0.2) is 52.7 Å². The van der Waals surface area contributed by atoms with Crippen molar-refractivity contribution < 1.29 is 19.4 Å². The molecule has 0 aliphatic carbocycles. The van der Waals surface area contributed by atoms with Gasteiger partial charge in [0.15, 0.2) is 0 Å². The first-order valence-electron chi connectivity index (χ1n) is 7.94. The second-order valence-electron chi connectivity index (χ2n) is 7.16. The molecule has 0 bridgehead atoms. The molecule has 1 aliphatic heterocycles. The Morgan fingerprint density at radius 3 is 2.58 bits per heavy atom. The smallest absolute Gasteiger partial charge is 0.331 e. The number of aliphatic carboxylic acids is 1. The first-order chi connectivity index (χ1) is 11.2. The van der Waals surface area contributed by atoms with Gasteiger partial charge in [0.1, 0.15) is 5.60 Å². The topological polar surface area (TPSA) is 79.7 Å². The Labute approximate surface area is 142 Å². The third kappa shape index (κ3) is 4.89. The molecule has 130 valence electrons. The number of rotatable bonds is 4. The number of carboxylic acids is 1. The molecule has 2 rings (SSSR count). The van der Waals surface area contributed by atoms with Crippen LogP contribution in [0.15, 0.2) is 24.4 Å².